The molecule has 0 saturated carbocycles. The number of nitrogens with one attached hydrogen (secondary N) is 1. The van der Waals surface area contributed by atoms with Crippen molar-refractivity contribution in [3.8, 4) is 11.4 Å². The summed E-state index contributed by atoms with van der Waals surface area (Å²) in [5.74, 6) is 0.939. The van der Waals surface area contributed by atoms with Crippen molar-refractivity contribution in [1.82, 2.24) is 20.0 Å². The van der Waals surface area contributed by atoms with Gasteiger partial charge in [-0.3, -0.25) is 15.7 Å². The van der Waals surface area contributed by atoms with Gasteiger partial charge in [-0.2, -0.15) is 0 Å². The molecular weight excluding hydrogens is 360 g/mol. The molecule has 0 fully saturated rings. The van der Waals surface area contributed by atoms with Crippen molar-refractivity contribution >= 4 is 17.1 Å². The lowest BCUT2D eigenvalue weighted by Crippen LogP contribution is -2.04. The first kappa shape index (κ1) is 18.7. The highest BCUT2D eigenvalue weighted by molar-refractivity contribution is 5.81. The number of imidazole rings is 1. The highest BCUT2D eigenvalue weighted by Gasteiger charge is 2.12. The van der Waals surface area contributed by atoms with Gasteiger partial charge >= 0.3 is 0 Å². The molecule has 144 valence electrons. The van der Waals surface area contributed by atoms with E-state index >= 15 is 0 Å². The Bertz CT molecular complexity index is 1160. The molecule has 2 N–H and O–H groups in total. The summed E-state index contributed by atoms with van der Waals surface area (Å²) in [7, 11) is 0. The monoisotopic (exact) mass is 382 g/mol. The molecule has 2 aromatic heterocycles. The number of aromatic nitrogens is 3. The number of benzene rings is 2. The van der Waals surface area contributed by atoms with Crippen LogP contribution in [0, 0.1) is 0 Å². The Balaban J connectivity index is 1.72. The predicted octanol–water partition coefficient (Wildman–Crippen LogP) is 4.85. The smallest absolute Gasteiger partial charge is 0.141 e. The number of para-hydroxylation sites is 2. The van der Waals surface area contributed by atoms with Gasteiger partial charge in [-0.15, -0.1) is 0 Å². The van der Waals surface area contributed by atoms with Gasteiger partial charge in [-0.25, -0.2) is 4.98 Å². The Morgan fingerprint density at radius 3 is 2.72 bits per heavy atom. The van der Waals surface area contributed by atoms with Crippen molar-refractivity contribution in [3.63, 3.8) is 0 Å². The molecule has 29 heavy (non-hydrogen) atoms. The van der Waals surface area contributed by atoms with Crippen LogP contribution in [0.2, 0.25) is 0 Å². The second kappa shape index (κ2) is 8.54. The fourth-order valence-corrected chi connectivity index (χ4v) is 3.33. The number of hydroxylamine groups is 1. The van der Waals surface area contributed by atoms with Crippen LogP contribution in [0.15, 0.2) is 91.4 Å². The van der Waals surface area contributed by atoms with Gasteiger partial charge < -0.3 is 4.57 Å². The molecule has 5 heteroatoms. The molecule has 4 rings (SSSR count). The Kier molecular flexibility index (Phi) is 5.49. The molecule has 0 aliphatic heterocycles. The Morgan fingerprint density at radius 1 is 1.07 bits per heavy atom. The number of hydrogen-bond acceptors (Lipinski definition) is 4. The first-order valence-electron chi connectivity index (χ1n) is 9.46. The van der Waals surface area contributed by atoms with E-state index in [0.29, 0.717) is 5.70 Å². The zero-order chi connectivity index (χ0) is 20.1. The molecule has 2 aromatic carbocycles. The molecule has 0 aliphatic carbocycles. The van der Waals surface area contributed by atoms with Crippen molar-refractivity contribution in [2.24, 2.45) is 0 Å². The topological polar surface area (TPSA) is 63.0 Å². The lowest BCUT2D eigenvalue weighted by Gasteiger charge is -2.10. The van der Waals surface area contributed by atoms with Crippen molar-refractivity contribution < 1.29 is 5.21 Å². The van der Waals surface area contributed by atoms with Crippen molar-refractivity contribution in [1.29, 1.82) is 0 Å². The molecule has 4 aromatic rings. The highest BCUT2D eigenvalue weighted by atomic mass is 16.5. The highest BCUT2D eigenvalue weighted by Crippen LogP contribution is 2.26. The maximum absolute atomic E-state index is 8.90. The van der Waals surface area contributed by atoms with Crippen LogP contribution in [0.4, 0.5) is 0 Å². The maximum atomic E-state index is 8.90. The minimum atomic E-state index is 0.431. The number of nitrogens with zero attached hydrogens (tertiary/aromatic N) is 3. The summed E-state index contributed by atoms with van der Waals surface area (Å²) in [6.07, 6.45) is 8.18. The summed E-state index contributed by atoms with van der Waals surface area (Å²) in [5, 5.41) is 8.90. The van der Waals surface area contributed by atoms with Crippen molar-refractivity contribution in [2.75, 3.05) is 0 Å². The fraction of sp³-hybridized carbons (Fsp3) is 0.0833. The van der Waals surface area contributed by atoms with E-state index in [-0.39, 0.29) is 0 Å². The maximum Gasteiger partial charge on any atom is 0.141 e. The zero-order valence-corrected chi connectivity index (χ0v) is 16.0. The molecule has 5 nitrogen and oxygen atoms in total. The normalized spacial score (nSPS) is 11.2. The van der Waals surface area contributed by atoms with E-state index in [1.165, 1.54) is 5.56 Å². The van der Waals surface area contributed by atoms with Gasteiger partial charge in [-0.1, -0.05) is 43.0 Å². The largest absolute Gasteiger partial charge is 0.324 e. The number of fused-ring (bicyclic) bond motifs is 1. The van der Waals surface area contributed by atoms with Gasteiger partial charge in [0.1, 0.15) is 5.82 Å². The molecule has 0 radical (unpaired) electrons. The minimum Gasteiger partial charge on any atom is -0.324 e. The third-order valence-corrected chi connectivity index (χ3v) is 4.79. The van der Waals surface area contributed by atoms with Gasteiger partial charge in [0.05, 0.1) is 16.7 Å². The Hall–Kier alpha value is -3.70. The average molecular weight is 382 g/mol. The van der Waals surface area contributed by atoms with E-state index in [2.05, 4.69) is 34.3 Å². The van der Waals surface area contributed by atoms with Crippen LogP contribution in [0.3, 0.4) is 0 Å². The molecule has 0 aliphatic rings. The van der Waals surface area contributed by atoms with Crippen LogP contribution in [-0.4, -0.2) is 19.7 Å². The van der Waals surface area contributed by atoms with E-state index in [4.69, 9.17) is 10.2 Å². The minimum absolute atomic E-state index is 0.431. The summed E-state index contributed by atoms with van der Waals surface area (Å²) < 4.78 is 2.27. The van der Waals surface area contributed by atoms with Crippen molar-refractivity contribution in [2.45, 2.75) is 13.0 Å². The Morgan fingerprint density at radius 2 is 1.90 bits per heavy atom. The first-order valence-corrected chi connectivity index (χ1v) is 9.46. The van der Waals surface area contributed by atoms with Crippen LogP contribution < -0.4 is 5.48 Å². The lowest BCUT2D eigenvalue weighted by molar-refractivity contribution is 0.205. The number of allylic oxidation sites excluding steroid dienone is 1. The molecule has 2 heterocycles. The van der Waals surface area contributed by atoms with Crippen molar-refractivity contribution in [3.05, 3.63) is 103 Å². The summed E-state index contributed by atoms with van der Waals surface area (Å²) in [6.45, 7) is 4.52. The lowest BCUT2D eigenvalue weighted by atomic mass is 10.1. The summed E-state index contributed by atoms with van der Waals surface area (Å²) in [4.78, 5) is 9.00. The van der Waals surface area contributed by atoms with Gasteiger partial charge in [0, 0.05) is 24.5 Å². The number of hydrogen-bond donors (Lipinski definition) is 2. The third-order valence-electron chi connectivity index (χ3n) is 4.79. The second-order valence-corrected chi connectivity index (χ2v) is 6.78. The number of aryl methyl sites for hydroxylation is 2. The predicted molar refractivity (Wildman–Crippen MR) is 116 cm³/mol. The van der Waals surface area contributed by atoms with Gasteiger partial charge in [0.25, 0.3) is 0 Å². The molecule has 0 bridgehead atoms. The molecule has 0 spiro atoms. The molecular formula is C24H22N4O. The fourth-order valence-electron chi connectivity index (χ4n) is 3.33. The van der Waals surface area contributed by atoms with Gasteiger partial charge in [0.2, 0.25) is 0 Å². The van der Waals surface area contributed by atoms with E-state index in [1.54, 1.807) is 6.08 Å². The number of rotatable bonds is 7. The van der Waals surface area contributed by atoms with E-state index < -0.39 is 0 Å². The second-order valence-electron chi connectivity index (χ2n) is 6.78. The van der Waals surface area contributed by atoms with E-state index in [1.807, 2.05) is 66.4 Å². The van der Waals surface area contributed by atoms with Gasteiger partial charge in [-0.05, 0) is 54.0 Å². The molecule has 0 unspecified atom stereocenters. The Labute approximate surface area is 169 Å². The number of pyridine rings is 1. The van der Waals surface area contributed by atoms with Gasteiger partial charge in [0.15, 0.2) is 0 Å². The molecule has 0 saturated heterocycles. The molecule has 0 amide bonds. The average Bonchev–Trinajstić information content (AvgIpc) is 3.15. The van der Waals surface area contributed by atoms with Crippen LogP contribution >= 0.6 is 0 Å². The van der Waals surface area contributed by atoms with Crippen LogP contribution in [0.1, 0.15) is 11.1 Å². The standard InChI is InChI=1S/C24H22N4O/c1-18(27-29)9-10-20-5-4-6-21(17-20)24-26-22-7-2-3-8-23(22)28(24)16-13-19-11-14-25-15-12-19/h2-12,14-15,17,27,29H,1,13,16H2/b10-9+. The summed E-state index contributed by atoms with van der Waals surface area (Å²) >= 11 is 0. The third kappa shape index (κ3) is 4.25. The van der Waals surface area contributed by atoms with Crippen LogP contribution in [0.25, 0.3) is 28.5 Å². The van der Waals surface area contributed by atoms with Crippen LogP contribution in [-0.2, 0) is 13.0 Å². The molecule has 0 atom stereocenters. The zero-order valence-electron chi connectivity index (χ0n) is 16.0. The summed E-state index contributed by atoms with van der Waals surface area (Å²) in [6, 6.07) is 20.5. The first-order chi connectivity index (χ1) is 14.2. The quantitative estimate of drug-likeness (QED) is 0.354. The summed E-state index contributed by atoms with van der Waals surface area (Å²) in [5.41, 5.74) is 7.87. The SMILES string of the molecule is C=C(/C=C/c1cccc(-c2nc3ccccc3n2CCc2ccncc2)c1)NO. The van der Waals surface area contributed by atoms with Crippen LogP contribution in [0.5, 0.6) is 0 Å². The van der Waals surface area contributed by atoms with E-state index in [0.717, 1.165) is 41.0 Å². The van der Waals surface area contributed by atoms with E-state index in [9.17, 15) is 0 Å².